The minimum Gasteiger partial charge on any atom is -0.493 e. The second-order valence-electron chi connectivity index (χ2n) is 8.15. The zero-order valence-corrected chi connectivity index (χ0v) is 19.6. The van der Waals surface area contributed by atoms with E-state index in [9.17, 15) is 4.79 Å². The number of carbonyl (C=O) groups excluding carboxylic acids is 1. The summed E-state index contributed by atoms with van der Waals surface area (Å²) in [7, 11) is 1.67. The molecular formula is C28H30N2O4. The van der Waals surface area contributed by atoms with E-state index in [-0.39, 0.29) is 6.10 Å². The Morgan fingerprint density at radius 2 is 1.71 bits per heavy atom. The standard InChI is InChI=1S/C28H30N2O4/c1-3-33-28(31)30-23-11-8-21(9-12-23)25(18-20-14-16-29-17-15-20)22-10-13-26(32-2)27(19-22)34-24-6-4-5-7-24/h8-19,24H,3-7H2,1-2H3,(H,30,31). The minimum atomic E-state index is -0.466. The first-order valence-corrected chi connectivity index (χ1v) is 11.7. The molecule has 1 N–H and O–H groups in total. The molecule has 0 unspecified atom stereocenters. The predicted octanol–water partition coefficient (Wildman–Crippen LogP) is 6.57. The van der Waals surface area contributed by atoms with E-state index in [1.54, 1.807) is 26.4 Å². The van der Waals surface area contributed by atoms with Crippen LogP contribution in [0.4, 0.5) is 10.5 Å². The zero-order chi connectivity index (χ0) is 23.8. The third kappa shape index (κ3) is 5.95. The molecule has 0 radical (unpaired) electrons. The van der Waals surface area contributed by atoms with Crippen LogP contribution < -0.4 is 14.8 Å². The second-order valence-corrected chi connectivity index (χ2v) is 8.15. The highest BCUT2D eigenvalue weighted by Gasteiger charge is 2.19. The van der Waals surface area contributed by atoms with E-state index in [4.69, 9.17) is 14.2 Å². The Morgan fingerprint density at radius 3 is 2.38 bits per heavy atom. The number of rotatable bonds is 8. The van der Waals surface area contributed by atoms with Crippen LogP contribution in [0.25, 0.3) is 11.6 Å². The third-order valence-electron chi connectivity index (χ3n) is 5.81. The summed E-state index contributed by atoms with van der Waals surface area (Å²) in [5.41, 5.74) is 4.74. The molecule has 0 aliphatic heterocycles. The predicted molar refractivity (Wildman–Crippen MR) is 134 cm³/mol. The Balaban J connectivity index is 1.69. The van der Waals surface area contributed by atoms with E-state index in [2.05, 4.69) is 22.4 Å². The van der Waals surface area contributed by atoms with Crippen LogP contribution in [0.15, 0.2) is 67.0 Å². The number of methoxy groups -OCH3 is 1. The monoisotopic (exact) mass is 458 g/mol. The molecule has 34 heavy (non-hydrogen) atoms. The number of amides is 1. The van der Waals surface area contributed by atoms with Gasteiger partial charge in [-0.1, -0.05) is 18.2 Å². The number of carbonyl (C=O) groups is 1. The number of ether oxygens (including phenoxy) is 3. The molecule has 1 aromatic heterocycles. The number of nitrogens with zero attached hydrogens (tertiary/aromatic N) is 1. The molecule has 4 rings (SSSR count). The average molecular weight is 459 g/mol. The Morgan fingerprint density at radius 1 is 1.00 bits per heavy atom. The highest BCUT2D eigenvalue weighted by Crippen LogP contribution is 2.36. The zero-order valence-electron chi connectivity index (χ0n) is 19.6. The number of hydrogen-bond acceptors (Lipinski definition) is 5. The van der Waals surface area contributed by atoms with E-state index in [1.165, 1.54) is 12.8 Å². The van der Waals surface area contributed by atoms with Gasteiger partial charge in [0, 0.05) is 18.1 Å². The van der Waals surface area contributed by atoms with Crippen LogP contribution in [0.2, 0.25) is 0 Å². The number of hydrogen-bond donors (Lipinski definition) is 1. The van der Waals surface area contributed by atoms with E-state index < -0.39 is 6.09 Å². The highest BCUT2D eigenvalue weighted by atomic mass is 16.5. The molecule has 1 aliphatic rings. The first-order valence-electron chi connectivity index (χ1n) is 11.7. The number of pyridine rings is 1. The smallest absolute Gasteiger partial charge is 0.411 e. The van der Waals surface area contributed by atoms with Gasteiger partial charge >= 0.3 is 6.09 Å². The van der Waals surface area contributed by atoms with Crippen molar-refractivity contribution < 1.29 is 19.0 Å². The molecule has 1 fully saturated rings. The van der Waals surface area contributed by atoms with Crippen LogP contribution in [-0.2, 0) is 4.74 Å². The van der Waals surface area contributed by atoms with E-state index >= 15 is 0 Å². The largest absolute Gasteiger partial charge is 0.493 e. The lowest BCUT2D eigenvalue weighted by Crippen LogP contribution is -2.13. The highest BCUT2D eigenvalue weighted by molar-refractivity contribution is 5.92. The third-order valence-corrected chi connectivity index (χ3v) is 5.81. The first kappa shape index (κ1) is 23.4. The van der Waals surface area contributed by atoms with Gasteiger partial charge in [0.1, 0.15) is 0 Å². The molecule has 0 saturated heterocycles. The minimum absolute atomic E-state index is 0.227. The van der Waals surface area contributed by atoms with Crippen molar-refractivity contribution >= 4 is 23.4 Å². The van der Waals surface area contributed by atoms with Crippen LogP contribution >= 0.6 is 0 Å². The fraction of sp³-hybridized carbons (Fsp3) is 0.286. The fourth-order valence-electron chi connectivity index (χ4n) is 4.10. The van der Waals surface area contributed by atoms with Crippen LogP contribution in [-0.4, -0.2) is 30.9 Å². The maximum Gasteiger partial charge on any atom is 0.411 e. The summed E-state index contributed by atoms with van der Waals surface area (Å²) in [5, 5.41) is 2.74. The second kappa shape index (κ2) is 11.4. The van der Waals surface area contributed by atoms with Gasteiger partial charge in [0.2, 0.25) is 0 Å². The molecule has 1 saturated carbocycles. The van der Waals surface area contributed by atoms with Crippen molar-refractivity contribution in [1.29, 1.82) is 0 Å². The summed E-state index contributed by atoms with van der Waals surface area (Å²) in [6.45, 7) is 2.10. The molecule has 1 amide bonds. The molecular weight excluding hydrogens is 428 g/mol. The summed E-state index contributed by atoms with van der Waals surface area (Å²) in [4.78, 5) is 15.9. The lowest BCUT2D eigenvalue weighted by Gasteiger charge is -2.18. The molecule has 0 spiro atoms. The summed E-state index contributed by atoms with van der Waals surface area (Å²) in [5.74, 6) is 1.49. The Hall–Kier alpha value is -3.80. The van der Waals surface area contributed by atoms with Gasteiger partial charge in [-0.2, -0.15) is 0 Å². The Kier molecular flexibility index (Phi) is 7.81. The van der Waals surface area contributed by atoms with Crippen molar-refractivity contribution in [1.82, 2.24) is 4.98 Å². The van der Waals surface area contributed by atoms with Crippen LogP contribution in [0, 0.1) is 0 Å². The van der Waals surface area contributed by atoms with Crippen LogP contribution in [0.5, 0.6) is 11.5 Å². The van der Waals surface area contributed by atoms with E-state index in [0.717, 1.165) is 46.6 Å². The summed E-state index contributed by atoms with van der Waals surface area (Å²) in [6.07, 6.45) is 9.98. The van der Waals surface area contributed by atoms with E-state index in [1.807, 2.05) is 48.5 Å². The fourth-order valence-corrected chi connectivity index (χ4v) is 4.10. The van der Waals surface area contributed by atoms with Gasteiger partial charge in [-0.25, -0.2) is 4.79 Å². The van der Waals surface area contributed by atoms with E-state index in [0.29, 0.717) is 12.3 Å². The number of benzene rings is 2. The molecule has 1 aliphatic carbocycles. The summed E-state index contributed by atoms with van der Waals surface area (Å²) >= 11 is 0. The molecule has 0 atom stereocenters. The molecule has 2 aromatic carbocycles. The van der Waals surface area contributed by atoms with Gasteiger partial charge in [0.05, 0.1) is 19.8 Å². The van der Waals surface area contributed by atoms with Crippen molar-refractivity contribution in [3.05, 3.63) is 83.7 Å². The maximum absolute atomic E-state index is 11.8. The lowest BCUT2D eigenvalue weighted by molar-refractivity contribution is 0.168. The maximum atomic E-state index is 11.8. The van der Waals surface area contributed by atoms with Gasteiger partial charge in [-0.3, -0.25) is 10.3 Å². The summed E-state index contributed by atoms with van der Waals surface area (Å²) < 4.78 is 16.9. The van der Waals surface area contributed by atoms with Gasteiger partial charge in [0.15, 0.2) is 11.5 Å². The average Bonchev–Trinajstić information content (AvgIpc) is 3.37. The van der Waals surface area contributed by atoms with Gasteiger partial charge in [-0.15, -0.1) is 0 Å². The summed E-state index contributed by atoms with van der Waals surface area (Å²) in [6, 6.07) is 17.7. The molecule has 176 valence electrons. The van der Waals surface area contributed by atoms with Crippen molar-refractivity contribution in [2.45, 2.75) is 38.7 Å². The van der Waals surface area contributed by atoms with Gasteiger partial charge in [-0.05, 0) is 97.3 Å². The quantitative estimate of drug-likeness (QED) is 0.413. The molecule has 6 heteroatoms. The SMILES string of the molecule is CCOC(=O)Nc1ccc(C(=Cc2ccncc2)c2ccc(OC)c(OC3CCCC3)c2)cc1. The Labute approximate surface area is 200 Å². The number of anilines is 1. The van der Waals surface area contributed by atoms with Crippen molar-refractivity contribution in [2.24, 2.45) is 0 Å². The Bertz CT molecular complexity index is 1120. The van der Waals surface area contributed by atoms with Gasteiger partial charge in [0.25, 0.3) is 0 Å². The molecule has 1 heterocycles. The number of nitrogens with one attached hydrogen (secondary N) is 1. The van der Waals surface area contributed by atoms with Gasteiger partial charge < -0.3 is 14.2 Å². The molecule has 0 bridgehead atoms. The number of aromatic nitrogens is 1. The van der Waals surface area contributed by atoms with Crippen molar-refractivity contribution in [3.63, 3.8) is 0 Å². The molecule has 6 nitrogen and oxygen atoms in total. The van der Waals surface area contributed by atoms with Crippen LogP contribution in [0.1, 0.15) is 49.3 Å². The van der Waals surface area contributed by atoms with Crippen LogP contribution in [0.3, 0.4) is 0 Å². The lowest BCUT2D eigenvalue weighted by atomic mass is 9.95. The molecule has 3 aromatic rings. The van der Waals surface area contributed by atoms with Crippen molar-refractivity contribution in [3.8, 4) is 11.5 Å². The topological polar surface area (TPSA) is 69.7 Å². The normalized spacial score (nSPS) is 14.0. The first-order chi connectivity index (χ1) is 16.7. The van der Waals surface area contributed by atoms with Crippen molar-refractivity contribution in [2.75, 3.05) is 19.0 Å².